The van der Waals surface area contributed by atoms with Crippen LogP contribution in [0.4, 0.5) is 8.78 Å². The van der Waals surface area contributed by atoms with Gasteiger partial charge in [0.15, 0.2) is 11.6 Å². The minimum absolute atomic E-state index is 0.231. The van der Waals surface area contributed by atoms with Gasteiger partial charge in [0.25, 0.3) is 0 Å². The molecule has 1 aromatic heterocycles. The van der Waals surface area contributed by atoms with Crippen LogP contribution in [0.2, 0.25) is 0 Å². The molecule has 0 aliphatic carbocycles. The first kappa shape index (κ1) is 11.3. The van der Waals surface area contributed by atoms with Crippen molar-refractivity contribution in [2.24, 2.45) is 0 Å². The van der Waals surface area contributed by atoms with E-state index in [-0.39, 0.29) is 6.42 Å². The summed E-state index contributed by atoms with van der Waals surface area (Å²) in [6.07, 6.45) is 1.12. The van der Waals surface area contributed by atoms with Gasteiger partial charge >= 0.3 is 5.97 Å². The summed E-state index contributed by atoms with van der Waals surface area (Å²) in [5.74, 6) is -2.96. The Morgan fingerprint density at radius 2 is 2.12 bits per heavy atom. The number of hydrogen-bond acceptors (Lipinski definition) is 2. The van der Waals surface area contributed by atoms with Crippen LogP contribution in [0, 0.1) is 11.6 Å². The van der Waals surface area contributed by atoms with E-state index in [9.17, 15) is 13.6 Å². The van der Waals surface area contributed by atoms with Gasteiger partial charge in [0, 0.05) is 11.1 Å². The summed E-state index contributed by atoms with van der Waals surface area (Å²) in [5, 5.41) is 15.0. The second-order valence-electron chi connectivity index (χ2n) is 3.47. The molecule has 0 saturated carbocycles. The summed E-state index contributed by atoms with van der Waals surface area (Å²) in [7, 11) is 0. The molecule has 88 valence electrons. The van der Waals surface area contributed by atoms with E-state index in [1.165, 1.54) is 12.3 Å². The number of aromatic nitrogens is 2. The van der Waals surface area contributed by atoms with Gasteiger partial charge in [-0.1, -0.05) is 0 Å². The number of aliphatic carboxylic acids is 1. The van der Waals surface area contributed by atoms with Crippen molar-refractivity contribution in [2.75, 3.05) is 0 Å². The summed E-state index contributed by atoms with van der Waals surface area (Å²) >= 11 is 0. The number of carboxylic acids is 1. The zero-order chi connectivity index (χ0) is 12.4. The monoisotopic (exact) mass is 238 g/mol. The van der Waals surface area contributed by atoms with Crippen LogP contribution >= 0.6 is 0 Å². The van der Waals surface area contributed by atoms with Gasteiger partial charge in [0.2, 0.25) is 0 Å². The van der Waals surface area contributed by atoms with Crippen LogP contribution in [0.5, 0.6) is 0 Å². The number of hydrogen-bond donors (Lipinski definition) is 2. The fourth-order valence-corrected chi connectivity index (χ4v) is 1.51. The maximum absolute atomic E-state index is 13.0. The minimum atomic E-state index is -1.02. The number of nitrogens with zero attached hydrogens (tertiary/aromatic N) is 1. The Kier molecular flexibility index (Phi) is 2.86. The predicted octanol–water partition coefficient (Wildman–Crippen LogP) is 1.98. The van der Waals surface area contributed by atoms with E-state index in [0.717, 1.165) is 12.1 Å². The van der Waals surface area contributed by atoms with Crippen LogP contribution in [0.15, 0.2) is 24.4 Å². The molecule has 1 heterocycles. The fourth-order valence-electron chi connectivity index (χ4n) is 1.51. The third-order valence-corrected chi connectivity index (χ3v) is 2.27. The Morgan fingerprint density at radius 1 is 1.35 bits per heavy atom. The summed E-state index contributed by atoms with van der Waals surface area (Å²) in [6.45, 7) is 0. The van der Waals surface area contributed by atoms with Crippen molar-refractivity contribution >= 4 is 5.97 Å². The van der Waals surface area contributed by atoms with Gasteiger partial charge in [0.1, 0.15) is 0 Å². The molecule has 2 rings (SSSR count). The Morgan fingerprint density at radius 3 is 2.76 bits per heavy atom. The molecule has 0 spiro atoms. The van der Waals surface area contributed by atoms with E-state index >= 15 is 0 Å². The quantitative estimate of drug-likeness (QED) is 0.859. The molecule has 0 saturated heterocycles. The molecule has 0 radical (unpaired) electrons. The normalized spacial score (nSPS) is 10.5. The minimum Gasteiger partial charge on any atom is -0.481 e. The second-order valence-corrected chi connectivity index (χ2v) is 3.47. The van der Waals surface area contributed by atoms with Gasteiger partial charge in [-0.05, 0) is 18.2 Å². The molecule has 0 unspecified atom stereocenters. The van der Waals surface area contributed by atoms with Gasteiger partial charge in [-0.15, -0.1) is 0 Å². The van der Waals surface area contributed by atoms with Crippen molar-refractivity contribution in [3.05, 3.63) is 41.6 Å². The summed E-state index contributed by atoms with van der Waals surface area (Å²) in [5.41, 5.74) is 1.16. The zero-order valence-electron chi connectivity index (χ0n) is 8.58. The molecule has 0 atom stereocenters. The molecule has 1 aromatic carbocycles. The smallest absolute Gasteiger partial charge is 0.307 e. The number of halogens is 2. The first-order valence-corrected chi connectivity index (χ1v) is 4.77. The van der Waals surface area contributed by atoms with Crippen molar-refractivity contribution < 1.29 is 18.7 Å². The Balaban J connectivity index is 2.42. The van der Waals surface area contributed by atoms with Gasteiger partial charge in [-0.3, -0.25) is 9.89 Å². The van der Waals surface area contributed by atoms with Crippen molar-refractivity contribution in [1.29, 1.82) is 0 Å². The highest BCUT2D eigenvalue weighted by atomic mass is 19.2. The Labute approximate surface area is 94.9 Å². The maximum atomic E-state index is 13.0. The van der Waals surface area contributed by atoms with Crippen LogP contribution in [-0.4, -0.2) is 21.3 Å². The third kappa shape index (κ3) is 2.30. The largest absolute Gasteiger partial charge is 0.481 e. The van der Waals surface area contributed by atoms with Gasteiger partial charge in [-0.25, -0.2) is 8.78 Å². The van der Waals surface area contributed by atoms with Gasteiger partial charge in [0.05, 0.1) is 18.3 Å². The summed E-state index contributed by atoms with van der Waals surface area (Å²) in [6, 6.07) is 3.33. The molecular weight excluding hydrogens is 230 g/mol. The number of H-pyrrole nitrogens is 1. The standard InChI is InChI=1S/C11H8F2N2O2/c12-8-2-1-6(3-9(8)13)11-7(4-10(16)17)5-14-15-11/h1-3,5H,4H2,(H,14,15)(H,16,17). The van der Waals surface area contributed by atoms with Gasteiger partial charge in [-0.2, -0.15) is 5.10 Å². The lowest BCUT2D eigenvalue weighted by atomic mass is 10.1. The molecule has 2 N–H and O–H groups in total. The average Bonchev–Trinajstić information content (AvgIpc) is 2.69. The average molecular weight is 238 g/mol. The molecule has 6 heteroatoms. The van der Waals surface area contributed by atoms with Crippen LogP contribution in [0.1, 0.15) is 5.56 Å². The number of benzene rings is 1. The fraction of sp³-hybridized carbons (Fsp3) is 0.0909. The number of carbonyl (C=O) groups is 1. The van der Waals surface area contributed by atoms with Crippen LogP contribution in [0.3, 0.4) is 0 Å². The van der Waals surface area contributed by atoms with E-state index in [1.54, 1.807) is 0 Å². The summed E-state index contributed by atoms with van der Waals surface area (Å²) in [4.78, 5) is 10.6. The lowest BCUT2D eigenvalue weighted by Crippen LogP contribution is -2.00. The topological polar surface area (TPSA) is 66.0 Å². The van der Waals surface area contributed by atoms with Crippen LogP contribution in [0.25, 0.3) is 11.3 Å². The predicted molar refractivity (Wildman–Crippen MR) is 55.3 cm³/mol. The van der Waals surface area contributed by atoms with E-state index in [2.05, 4.69) is 10.2 Å². The van der Waals surface area contributed by atoms with Crippen molar-refractivity contribution in [1.82, 2.24) is 10.2 Å². The van der Waals surface area contributed by atoms with E-state index in [0.29, 0.717) is 16.8 Å². The highest BCUT2D eigenvalue weighted by Crippen LogP contribution is 2.23. The van der Waals surface area contributed by atoms with Crippen molar-refractivity contribution in [3.8, 4) is 11.3 Å². The lowest BCUT2D eigenvalue weighted by molar-refractivity contribution is -0.136. The molecule has 0 aliphatic rings. The summed E-state index contributed by atoms with van der Waals surface area (Å²) < 4.78 is 25.8. The molecule has 0 fully saturated rings. The van der Waals surface area contributed by atoms with Crippen LogP contribution < -0.4 is 0 Å². The molecular formula is C11H8F2N2O2. The zero-order valence-corrected chi connectivity index (χ0v) is 8.58. The van der Waals surface area contributed by atoms with E-state index in [1.807, 2.05) is 0 Å². The molecule has 17 heavy (non-hydrogen) atoms. The molecule has 0 aliphatic heterocycles. The number of rotatable bonds is 3. The Bertz CT molecular complexity index is 566. The lowest BCUT2D eigenvalue weighted by Gasteiger charge is -2.02. The van der Waals surface area contributed by atoms with Crippen molar-refractivity contribution in [3.63, 3.8) is 0 Å². The number of aromatic amines is 1. The molecule has 2 aromatic rings. The molecule has 0 amide bonds. The first-order chi connectivity index (χ1) is 8.08. The Hall–Kier alpha value is -2.24. The highest BCUT2D eigenvalue weighted by Gasteiger charge is 2.12. The first-order valence-electron chi connectivity index (χ1n) is 4.77. The van der Waals surface area contributed by atoms with E-state index in [4.69, 9.17) is 5.11 Å². The highest BCUT2D eigenvalue weighted by molar-refractivity contribution is 5.74. The third-order valence-electron chi connectivity index (χ3n) is 2.27. The van der Waals surface area contributed by atoms with Gasteiger partial charge < -0.3 is 5.11 Å². The maximum Gasteiger partial charge on any atom is 0.307 e. The van der Waals surface area contributed by atoms with Crippen LogP contribution in [-0.2, 0) is 11.2 Å². The molecule has 0 bridgehead atoms. The SMILES string of the molecule is O=C(O)Cc1cn[nH]c1-c1ccc(F)c(F)c1. The number of carboxylic acid groups (broad SMARTS) is 1. The second kappa shape index (κ2) is 4.32. The number of nitrogens with one attached hydrogen (secondary N) is 1. The molecule has 4 nitrogen and oxygen atoms in total. The van der Waals surface area contributed by atoms with E-state index < -0.39 is 17.6 Å². The van der Waals surface area contributed by atoms with Crippen molar-refractivity contribution in [2.45, 2.75) is 6.42 Å².